The molecule has 2 aromatic carbocycles. The van der Waals surface area contributed by atoms with E-state index in [0.717, 1.165) is 12.1 Å². The molecule has 0 aliphatic carbocycles. The van der Waals surface area contributed by atoms with Crippen molar-refractivity contribution < 1.29 is 36.2 Å². The number of carbonyl (C=O) groups is 1. The van der Waals surface area contributed by atoms with E-state index in [1.807, 2.05) is 0 Å². The molecule has 2 N–H and O–H groups in total. The average molecular weight is 527 g/mol. The lowest BCUT2D eigenvalue weighted by Crippen LogP contribution is -2.25. The number of hydrogen-bond acceptors (Lipinski definition) is 7. The number of nitrogens with one attached hydrogen (secondary N) is 1. The van der Waals surface area contributed by atoms with Crippen molar-refractivity contribution in [3.05, 3.63) is 52.4 Å². The van der Waals surface area contributed by atoms with E-state index >= 15 is 0 Å². The number of sulfone groups is 1. The lowest BCUT2D eigenvalue weighted by Gasteiger charge is -2.18. The Hall–Kier alpha value is -2.96. The topological polar surface area (TPSA) is 133 Å². The van der Waals surface area contributed by atoms with Gasteiger partial charge in [-0.15, -0.1) is 0 Å². The molecule has 188 valence electrons. The van der Waals surface area contributed by atoms with Crippen LogP contribution in [0.4, 0.5) is 14.5 Å². The molecule has 3 rings (SSSR count). The maximum absolute atomic E-state index is 13.5. The van der Waals surface area contributed by atoms with Gasteiger partial charge in [0, 0.05) is 29.8 Å². The van der Waals surface area contributed by atoms with E-state index in [9.17, 15) is 31.7 Å². The third-order valence-corrected chi connectivity index (χ3v) is 8.44. The second kappa shape index (κ2) is 9.25. The minimum absolute atomic E-state index is 0.147. The van der Waals surface area contributed by atoms with Crippen LogP contribution in [0.15, 0.2) is 38.6 Å². The molecule has 1 atom stereocenters. The van der Waals surface area contributed by atoms with Crippen LogP contribution in [0.25, 0.3) is 11.1 Å². The minimum Gasteiger partial charge on any atom is -0.612 e. The van der Waals surface area contributed by atoms with Crippen LogP contribution in [0.5, 0.6) is 5.75 Å². The predicted octanol–water partition coefficient (Wildman–Crippen LogP) is 4.66. The highest BCUT2D eigenvalue weighted by molar-refractivity contribution is 7.92. The quantitative estimate of drug-likeness (QED) is 0.447. The standard InChI is InChI=1S/C23H24F2N2O6S2/c1-11-9-15(35(31,32)23(5,24)25)7-8-17(11)26-22(29)19-12(2)18(34(6)30)10-16(21(19)28)20-13(3)27-33-14(20)4/h7-10,28H,1-6H3,(H,26,29). The van der Waals surface area contributed by atoms with Crippen molar-refractivity contribution >= 4 is 32.6 Å². The van der Waals surface area contributed by atoms with Crippen LogP contribution in [0, 0.1) is 27.7 Å². The highest BCUT2D eigenvalue weighted by Crippen LogP contribution is 2.41. The molecule has 1 amide bonds. The third kappa shape index (κ3) is 4.78. The van der Waals surface area contributed by atoms with Crippen LogP contribution >= 0.6 is 0 Å². The van der Waals surface area contributed by atoms with Crippen molar-refractivity contribution in [3.8, 4) is 16.9 Å². The van der Waals surface area contributed by atoms with Crippen LogP contribution in [0.3, 0.4) is 0 Å². The first-order valence-electron chi connectivity index (χ1n) is 10.3. The number of benzene rings is 2. The Labute approximate surface area is 204 Å². The summed E-state index contributed by atoms with van der Waals surface area (Å²) in [5, 5.41) is 13.5. The van der Waals surface area contributed by atoms with Gasteiger partial charge in [-0.05, 0) is 62.6 Å². The van der Waals surface area contributed by atoms with Gasteiger partial charge in [0.1, 0.15) is 17.8 Å². The van der Waals surface area contributed by atoms with Crippen molar-refractivity contribution in [2.24, 2.45) is 0 Å². The summed E-state index contributed by atoms with van der Waals surface area (Å²) in [4.78, 5) is 13.0. The summed E-state index contributed by atoms with van der Waals surface area (Å²) in [6, 6.07) is 4.70. The first-order chi connectivity index (χ1) is 16.1. The van der Waals surface area contributed by atoms with Crippen LogP contribution in [-0.4, -0.2) is 40.7 Å². The van der Waals surface area contributed by atoms with Crippen molar-refractivity contribution in [2.75, 3.05) is 11.6 Å². The predicted molar refractivity (Wildman–Crippen MR) is 127 cm³/mol. The molecular weight excluding hydrogens is 502 g/mol. The molecule has 1 aromatic heterocycles. The number of phenolic OH excluding ortho intramolecular Hbond substituents is 1. The number of alkyl halides is 2. The highest BCUT2D eigenvalue weighted by atomic mass is 32.2. The van der Waals surface area contributed by atoms with Gasteiger partial charge in [0.2, 0.25) is 9.84 Å². The zero-order valence-electron chi connectivity index (χ0n) is 19.8. The molecule has 0 aliphatic rings. The SMILES string of the molecule is Cc1cc(S(=O)(=O)C(C)(F)F)ccc1NC(=O)c1c(C)c([S+](C)[O-])cc(-c2c(C)noc2C)c1O. The number of nitrogens with zero attached hydrogens (tertiary/aromatic N) is 1. The van der Waals surface area contributed by atoms with Gasteiger partial charge in [-0.2, -0.15) is 8.78 Å². The maximum Gasteiger partial charge on any atom is 0.347 e. The molecule has 0 bridgehead atoms. The zero-order valence-corrected chi connectivity index (χ0v) is 21.5. The van der Waals surface area contributed by atoms with Crippen molar-refractivity contribution in [1.29, 1.82) is 0 Å². The normalized spacial score (nSPS) is 13.1. The second-order valence-corrected chi connectivity index (χ2v) is 11.7. The molecular formula is C23H24F2N2O6S2. The fraction of sp³-hybridized carbons (Fsp3) is 0.304. The molecule has 3 aromatic rings. The Morgan fingerprint density at radius 1 is 1.20 bits per heavy atom. The summed E-state index contributed by atoms with van der Waals surface area (Å²) >= 11 is -1.51. The summed E-state index contributed by atoms with van der Waals surface area (Å²) < 4.78 is 68.7. The number of halogens is 2. The molecule has 1 unspecified atom stereocenters. The number of aromatic nitrogens is 1. The minimum atomic E-state index is -4.90. The number of aryl methyl sites for hydroxylation is 3. The Balaban J connectivity index is 2.10. The zero-order chi connectivity index (χ0) is 26.5. The Morgan fingerprint density at radius 2 is 1.83 bits per heavy atom. The fourth-order valence-electron chi connectivity index (χ4n) is 3.71. The maximum atomic E-state index is 13.5. The van der Waals surface area contributed by atoms with Crippen LogP contribution in [-0.2, 0) is 21.0 Å². The molecule has 0 fully saturated rings. The first kappa shape index (κ1) is 26.6. The Bertz CT molecular complexity index is 1410. The van der Waals surface area contributed by atoms with Crippen LogP contribution in [0.1, 0.15) is 39.9 Å². The molecule has 35 heavy (non-hydrogen) atoms. The largest absolute Gasteiger partial charge is 0.612 e. The van der Waals surface area contributed by atoms with Gasteiger partial charge in [0.25, 0.3) is 5.91 Å². The van der Waals surface area contributed by atoms with Crippen molar-refractivity contribution in [2.45, 2.75) is 49.7 Å². The summed E-state index contributed by atoms with van der Waals surface area (Å²) in [6.45, 7) is 6.57. The van der Waals surface area contributed by atoms with Gasteiger partial charge >= 0.3 is 5.25 Å². The summed E-state index contributed by atoms with van der Waals surface area (Å²) in [5.74, 6) is -0.757. The van der Waals surface area contributed by atoms with Crippen molar-refractivity contribution in [3.63, 3.8) is 0 Å². The van der Waals surface area contributed by atoms with Gasteiger partial charge in [-0.3, -0.25) is 4.79 Å². The van der Waals surface area contributed by atoms with E-state index < -0.39 is 37.1 Å². The van der Waals surface area contributed by atoms with E-state index in [1.165, 1.54) is 32.2 Å². The summed E-state index contributed by atoms with van der Waals surface area (Å²) in [5.41, 5.74) is 1.61. The lowest BCUT2D eigenvalue weighted by atomic mass is 9.96. The summed E-state index contributed by atoms with van der Waals surface area (Å²) in [6.07, 6.45) is 1.44. The van der Waals surface area contributed by atoms with Crippen LogP contribution in [0.2, 0.25) is 0 Å². The number of amides is 1. The molecule has 8 nitrogen and oxygen atoms in total. The van der Waals surface area contributed by atoms with E-state index in [1.54, 1.807) is 13.8 Å². The Morgan fingerprint density at radius 3 is 2.31 bits per heavy atom. The van der Waals surface area contributed by atoms with E-state index in [4.69, 9.17) is 4.52 Å². The van der Waals surface area contributed by atoms with E-state index in [-0.39, 0.29) is 33.7 Å². The number of rotatable bonds is 6. The highest BCUT2D eigenvalue weighted by Gasteiger charge is 2.41. The van der Waals surface area contributed by atoms with Gasteiger partial charge in [0.15, 0.2) is 4.90 Å². The average Bonchev–Trinajstić information content (AvgIpc) is 3.06. The number of anilines is 1. The van der Waals surface area contributed by atoms with Gasteiger partial charge in [-0.25, -0.2) is 8.42 Å². The van der Waals surface area contributed by atoms with Gasteiger partial charge in [0.05, 0.1) is 21.7 Å². The fourth-order valence-corrected chi connectivity index (χ4v) is 5.52. The molecule has 0 saturated carbocycles. The number of aromatic hydroxyl groups is 1. The number of carbonyl (C=O) groups excluding carboxylic acids is 1. The lowest BCUT2D eigenvalue weighted by molar-refractivity contribution is 0.102. The van der Waals surface area contributed by atoms with Gasteiger partial charge < -0.3 is 19.5 Å². The molecule has 0 saturated heterocycles. The number of phenols is 1. The monoisotopic (exact) mass is 526 g/mol. The number of hydrogen-bond donors (Lipinski definition) is 2. The van der Waals surface area contributed by atoms with Crippen molar-refractivity contribution in [1.82, 2.24) is 5.16 Å². The van der Waals surface area contributed by atoms with E-state index in [0.29, 0.717) is 28.8 Å². The van der Waals surface area contributed by atoms with Crippen LogP contribution < -0.4 is 5.32 Å². The first-order valence-corrected chi connectivity index (χ1v) is 13.3. The molecule has 12 heteroatoms. The second-order valence-electron chi connectivity index (χ2n) is 8.17. The summed E-state index contributed by atoms with van der Waals surface area (Å²) in [7, 11) is -4.90. The van der Waals surface area contributed by atoms with Gasteiger partial charge in [-0.1, -0.05) is 5.16 Å². The molecule has 0 spiro atoms. The third-order valence-electron chi connectivity index (χ3n) is 5.58. The smallest absolute Gasteiger partial charge is 0.347 e. The molecule has 1 heterocycles. The van der Waals surface area contributed by atoms with E-state index in [2.05, 4.69) is 10.5 Å². The Kier molecular flexibility index (Phi) is 7.04. The molecule has 0 radical (unpaired) electrons. The molecule has 0 aliphatic heterocycles.